The first kappa shape index (κ1) is 19.9. The monoisotopic (exact) mass is 431 g/mol. The van der Waals surface area contributed by atoms with Crippen LogP contribution >= 0.6 is 23.2 Å². The molecule has 2 aromatic carbocycles. The fourth-order valence-corrected chi connectivity index (χ4v) is 3.14. The van der Waals surface area contributed by atoms with E-state index in [1.54, 1.807) is 36.4 Å². The first-order valence-corrected chi connectivity index (χ1v) is 10.1. The lowest BCUT2D eigenvalue weighted by Gasteiger charge is -2.10. The van der Waals surface area contributed by atoms with E-state index >= 15 is 0 Å². The lowest BCUT2D eigenvalue weighted by molar-refractivity contribution is 0.0942. The molecular weight excluding hydrogens is 414 g/mol. The number of hydrogen-bond donors (Lipinski definition) is 2. The number of carbonyl (C=O) groups excluding carboxylic acids is 2. The van der Waals surface area contributed by atoms with Crippen LogP contribution in [-0.4, -0.2) is 31.6 Å². The van der Waals surface area contributed by atoms with Crippen LogP contribution in [0.2, 0.25) is 10.0 Å². The summed E-state index contributed by atoms with van der Waals surface area (Å²) in [6, 6.07) is 10.1. The predicted octanol–water partition coefficient (Wildman–Crippen LogP) is 3.77. The summed E-state index contributed by atoms with van der Waals surface area (Å²) in [5, 5.41) is 6.37. The van der Waals surface area contributed by atoms with Gasteiger partial charge in [0, 0.05) is 12.1 Å². The van der Waals surface area contributed by atoms with Crippen molar-refractivity contribution in [2.75, 3.05) is 0 Å². The first-order chi connectivity index (χ1) is 14.0. The first-order valence-electron chi connectivity index (χ1n) is 9.35. The highest BCUT2D eigenvalue weighted by Crippen LogP contribution is 2.26. The van der Waals surface area contributed by atoms with Crippen molar-refractivity contribution in [3.63, 3.8) is 0 Å². The molecule has 2 fully saturated rings. The molecule has 0 atom stereocenters. The van der Waals surface area contributed by atoms with Crippen LogP contribution in [0.4, 0.5) is 0 Å². The largest absolute Gasteiger partial charge is 0.658 e. The van der Waals surface area contributed by atoms with Crippen molar-refractivity contribution in [2.24, 2.45) is 0 Å². The maximum absolute atomic E-state index is 12.1. The van der Waals surface area contributed by atoms with Gasteiger partial charge in [-0.25, -0.2) is 0 Å². The van der Waals surface area contributed by atoms with Gasteiger partial charge >= 0.3 is 7.69 Å². The van der Waals surface area contributed by atoms with Gasteiger partial charge in [-0.05, 0) is 62.1 Å². The topological polar surface area (TPSA) is 76.7 Å². The van der Waals surface area contributed by atoms with E-state index in [9.17, 15) is 9.59 Å². The highest BCUT2D eigenvalue weighted by Gasteiger charge is 2.25. The molecule has 0 spiro atoms. The van der Waals surface area contributed by atoms with Crippen LogP contribution in [0.25, 0.3) is 0 Å². The molecule has 4 rings (SSSR count). The SMILES string of the molecule is O=C(NC1CC1)c1ccc(O[B]Oc2ccc(C(=O)NC3CC3)c(Cl)c2)cc1Cl. The van der Waals surface area contributed by atoms with E-state index < -0.39 is 0 Å². The van der Waals surface area contributed by atoms with Crippen LogP contribution in [0.1, 0.15) is 46.4 Å². The Balaban J connectivity index is 1.30. The van der Waals surface area contributed by atoms with Crippen molar-refractivity contribution < 1.29 is 18.9 Å². The summed E-state index contributed by atoms with van der Waals surface area (Å²) in [7, 11) is 1.13. The Morgan fingerprint density at radius 2 is 1.21 bits per heavy atom. The zero-order valence-electron chi connectivity index (χ0n) is 15.4. The molecule has 0 saturated heterocycles. The second-order valence-electron chi connectivity index (χ2n) is 7.11. The average Bonchev–Trinajstić information content (AvgIpc) is 3.59. The van der Waals surface area contributed by atoms with Crippen LogP contribution in [-0.2, 0) is 0 Å². The Hall–Kier alpha value is -2.38. The average molecular weight is 432 g/mol. The van der Waals surface area contributed by atoms with Crippen molar-refractivity contribution in [3.05, 3.63) is 57.6 Å². The summed E-state index contributed by atoms with van der Waals surface area (Å²) in [6.45, 7) is 0. The van der Waals surface area contributed by atoms with Crippen LogP contribution in [0.5, 0.6) is 11.5 Å². The zero-order valence-corrected chi connectivity index (χ0v) is 16.9. The van der Waals surface area contributed by atoms with Gasteiger partial charge in [-0.1, -0.05) is 23.2 Å². The summed E-state index contributed by atoms with van der Waals surface area (Å²) in [6.07, 6.45) is 4.03. The summed E-state index contributed by atoms with van der Waals surface area (Å²) in [5.41, 5.74) is 0.803. The van der Waals surface area contributed by atoms with Crippen molar-refractivity contribution >= 4 is 42.7 Å². The molecule has 2 amide bonds. The second kappa shape index (κ2) is 8.55. The Kier molecular flexibility index (Phi) is 5.87. The van der Waals surface area contributed by atoms with Gasteiger partial charge in [0.1, 0.15) is 11.5 Å². The van der Waals surface area contributed by atoms with Crippen molar-refractivity contribution in [1.29, 1.82) is 0 Å². The van der Waals surface area contributed by atoms with Gasteiger partial charge in [-0.3, -0.25) is 9.59 Å². The molecule has 0 aromatic heterocycles. The predicted molar refractivity (Wildman–Crippen MR) is 111 cm³/mol. The van der Waals surface area contributed by atoms with Gasteiger partial charge < -0.3 is 19.9 Å². The van der Waals surface area contributed by atoms with E-state index in [0.717, 1.165) is 33.4 Å². The number of benzene rings is 2. The van der Waals surface area contributed by atoms with E-state index in [4.69, 9.17) is 32.5 Å². The van der Waals surface area contributed by atoms with Gasteiger partial charge in [0.05, 0.1) is 21.2 Å². The second-order valence-corrected chi connectivity index (χ2v) is 7.93. The van der Waals surface area contributed by atoms with E-state index in [0.29, 0.717) is 32.7 Å². The Bertz CT molecular complexity index is 873. The minimum absolute atomic E-state index is 0.190. The smallest absolute Gasteiger partial charge is 0.526 e. The third kappa shape index (κ3) is 5.37. The molecule has 2 aromatic rings. The van der Waals surface area contributed by atoms with Gasteiger partial charge in [0.2, 0.25) is 0 Å². The molecule has 0 heterocycles. The highest BCUT2D eigenvalue weighted by atomic mass is 35.5. The van der Waals surface area contributed by atoms with E-state index in [-0.39, 0.29) is 23.9 Å². The van der Waals surface area contributed by atoms with E-state index in [2.05, 4.69) is 10.6 Å². The van der Waals surface area contributed by atoms with E-state index in [1.165, 1.54) is 0 Å². The van der Waals surface area contributed by atoms with Gasteiger partial charge in [-0.2, -0.15) is 0 Å². The molecule has 9 heteroatoms. The Labute approximate surface area is 179 Å². The highest BCUT2D eigenvalue weighted by molar-refractivity contribution is 6.34. The summed E-state index contributed by atoms with van der Waals surface area (Å²) in [4.78, 5) is 24.2. The number of carbonyl (C=O) groups is 2. The van der Waals surface area contributed by atoms with Gasteiger partial charge in [0.25, 0.3) is 11.8 Å². The summed E-state index contributed by atoms with van der Waals surface area (Å²) in [5.74, 6) is 0.462. The fourth-order valence-electron chi connectivity index (χ4n) is 2.62. The fraction of sp³-hybridized carbons (Fsp3) is 0.300. The maximum atomic E-state index is 12.1. The van der Waals surface area contributed by atoms with Crippen LogP contribution < -0.4 is 19.9 Å². The molecule has 2 aliphatic rings. The molecular formula is C20H18BCl2N2O4. The summed E-state index contributed by atoms with van der Waals surface area (Å²) >= 11 is 12.4. The quantitative estimate of drug-likeness (QED) is 0.623. The standard InChI is InChI=1S/C20H18BCl2N2O4/c22-17-9-13(5-7-15(17)19(26)24-11-1-2-11)28-21-29-14-6-8-16(18(23)10-14)20(27)25-12-3-4-12/h5-12H,1-4H2,(H,24,26)(H,25,27). The molecule has 2 aliphatic carbocycles. The van der Waals surface area contributed by atoms with Crippen LogP contribution in [0, 0.1) is 0 Å². The number of amides is 2. The maximum Gasteiger partial charge on any atom is 0.658 e. The Morgan fingerprint density at radius 3 is 1.55 bits per heavy atom. The third-order valence-electron chi connectivity index (χ3n) is 4.56. The van der Waals surface area contributed by atoms with Crippen LogP contribution in [0.3, 0.4) is 0 Å². The lowest BCUT2D eigenvalue weighted by Crippen LogP contribution is -2.25. The number of rotatable bonds is 8. The van der Waals surface area contributed by atoms with Gasteiger partial charge in [-0.15, -0.1) is 0 Å². The number of nitrogens with one attached hydrogen (secondary N) is 2. The third-order valence-corrected chi connectivity index (χ3v) is 5.19. The van der Waals surface area contributed by atoms with Crippen molar-refractivity contribution in [2.45, 2.75) is 37.8 Å². The van der Waals surface area contributed by atoms with Crippen molar-refractivity contribution in [1.82, 2.24) is 10.6 Å². The molecule has 1 radical (unpaired) electrons. The lowest BCUT2D eigenvalue weighted by atomic mass is 10.2. The van der Waals surface area contributed by atoms with Crippen molar-refractivity contribution in [3.8, 4) is 11.5 Å². The minimum Gasteiger partial charge on any atom is -0.526 e. The molecule has 149 valence electrons. The van der Waals surface area contributed by atoms with Gasteiger partial charge in [0.15, 0.2) is 0 Å². The molecule has 2 saturated carbocycles. The Morgan fingerprint density at radius 1 is 0.793 bits per heavy atom. The number of halogens is 2. The van der Waals surface area contributed by atoms with Crippen LogP contribution in [0.15, 0.2) is 36.4 Å². The molecule has 29 heavy (non-hydrogen) atoms. The molecule has 6 nitrogen and oxygen atoms in total. The summed E-state index contributed by atoms with van der Waals surface area (Å²) < 4.78 is 10.8. The van der Waals surface area contributed by atoms with E-state index in [1.807, 2.05) is 0 Å². The molecule has 2 N–H and O–H groups in total. The zero-order chi connectivity index (χ0) is 20.4. The molecule has 0 aliphatic heterocycles. The normalized spacial score (nSPS) is 15.4. The molecule has 0 bridgehead atoms. The number of hydrogen-bond acceptors (Lipinski definition) is 4. The molecule has 0 unspecified atom stereocenters. The minimum atomic E-state index is -0.190.